The van der Waals surface area contributed by atoms with Gasteiger partial charge in [0.05, 0.1) is 23.8 Å². The molecule has 0 aliphatic carbocycles. The normalized spacial score (nSPS) is 12.3. The van der Waals surface area contributed by atoms with Gasteiger partial charge in [-0.1, -0.05) is 36.4 Å². The van der Waals surface area contributed by atoms with Crippen molar-refractivity contribution in [1.29, 1.82) is 0 Å². The minimum absolute atomic E-state index is 0.253. The number of rotatable bonds is 6. The molecule has 35 heavy (non-hydrogen) atoms. The summed E-state index contributed by atoms with van der Waals surface area (Å²) in [6.45, 7) is 0. The lowest BCUT2D eigenvalue weighted by atomic mass is 9.99. The van der Waals surface area contributed by atoms with E-state index in [2.05, 4.69) is 9.97 Å². The Balaban J connectivity index is 1.80. The molecule has 0 unspecified atom stereocenters. The van der Waals surface area contributed by atoms with Gasteiger partial charge < -0.3 is 4.98 Å². The van der Waals surface area contributed by atoms with Crippen molar-refractivity contribution in [2.45, 2.75) is 4.21 Å². The third-order valence-electron chi connectivity index (χ3n) is 5.96. The number of hydrogen-bond acceptors (Lipinski definition) is 6. The monoisotopic (exact) mass is 526 g/mol. The summed E-state index contributed by atoms with van der Waals surface area (Å²) in [5, 5.41) is 3.17. The molecule has 180 valence electrons. The maximum Gasteiger partial charge on any atom is 0.273 e. The number of fused-ring (bicyclic) bond motifs is 3. The summed E-state index contributed by atoms with van der Waals surface area (Å²) < 4.78 is 53.8. The van der Waals surface area contributed by atoms with Gasteiger partial charge in [0.1, 0.15) is 9.86 Å². The molecular weight excluding hydrogens is 504 g/mol. The highest BCUT2D eigenvalue weighted by atomic mass is 32.2. The molecular formula is C24H22N4O4S3. The van der Waals surface area contributed by atoms with Crippen LogP contribution < -0.4 is 8.61 Å². The van der Waals surface area contributed by atoms with Crippen LogP contribution in [0.25, 0.3) is 33.1 Å². The topological polar surface area (TPSA) is 103 Å². The van der Waals surface area contributed by atoms with E-state index in [-0.39, 0.29) is 4.21 Å². The first-order valence-electron chi connectivity index (χ1n) is 10.6. The number of thiophene rings is 1. The second-order valence-corrected chi connectivity index (χ2v) is 13.3. The smallest absolute Gasteiger partial charge is 0.273 e. The third kappa shape index (κ3) is 3.95. The molecule has 0 radical (unpaired) electrons. The highest BCUT2D eigenvalue weighted by Gasteiger charge is 2.25. The second-order valence-electron chi connectivity index (χ2n) is 8.10. The Hall–Kier alpha value is -3.41. The minimum Gasteiger partial charge on any atom is -0.339 e. The molecule has 0 amide bonds. The fourth-order valence-electron chi connectivity index (χ4n) is 4.03. The van der Waals surface area contributed by atoms with Crippen molar-refractivity contribution in [1.82, 2.24) is 9.97 Å². The summed E-state index contributed by atoms with van der Waals surface area (Å²) in [7, 11) is -4.27. The SMILES string of the molecule is CN(c1cnc2[nH]c3ccc(N(C)S(=O)(=O)c4cccs4)cc3c2c1-c1ccccc1)S(C)(=O)=O. The van der Waals surface area contributed by atoms with Gasteiger partial charge in [0.2, 0.25) is 10.0 Å². The zero-order valence-electron chi connectivity index (χ0n) is 19.1. The van der Waals surface area contributed by atoms with Crippen LogP contribution in [0.15, 0.2) is 76.4 Å². The van der Waals surface area contributed by atoms with E-state index in [4.69, 9.17) is 0 Å². The highest BCUT2D eigenvalue weighted by Crippen LogP contribution is 2.41. The number of aromatic amines is 1. The van der Waals surface area contributed by atoms with Gasteiger partial charge in [-0.05, 0) is 35.2 Å². The Morgan fingerprint density at radius 3 is 2.31 bits per heavy atom. The predicted octanol–water partition coefficient (Wildman–Crippen LogP) is 4.67. The van der Waals surface area contributed by atoms with Gasteiger partial charge in [-0.15, -0.1) is 11.3 Å². The summed E-state index contributed by atoms with van der Waals surface area (Å²) in [6, 6.07) is 18.1. The van der Waals surface area contributed by atoms with Crippen LogP contribution in [0.1, 0.15) is 0 Å². The number of aromatic nitrogens is 2. The Morgan fingerprint density at radius 2 is 1.66 bits per heavy atom. The molecule has 0 saturated heterocycles. The predicted molar refractivity (Wildman–Crippen MR) is 142 cm³/mol. The second kappa shape index (κ2) is 8.36. The highest BCUT2D eigenvalue weighted by molar-refractivity contribution is 7.94. The van der Waals surface area contributed by atoms with Gasteiger partial charge in [-0.2, -0.15) is 0 Å². The molecule has 3 heterocycles. The lowest BCUT2D eigenvalue weighted by molar-refractivity contribution is 0.596. The summed E-state index contributed by atoms with van der Waals surface area (Å²) in [6.07, 6.45) is 2.68. The summed E-state index contributed by atoms with van der Waals surface area (Å²) >= 11 is 1.16. The van der Waals surface area contributed by atoms with E-state index in [9.17, 15) is 16.8 Å². The molecule has 0 aliphatic heterocycles. The van der Waals surface area contributed by atoms with Crippen LogP contribution in [-0.4, -0.2) is 47.2 Å². The number of sulfonamides is 2. The third-order valence-corrected chi connectivity index (χ3v) is 10.3. The van der Waals surface area contributed by atoms with Crippen LogP contribution in [0.4, 0.5) is 11.4 Å². The van der Waals surface area contributed by atoms with Gasteiger partial charge in [-0.3, -0.25) is 8.61 Å². The van der Waals surface area contributed by atoms with Crippen molar-refractivity contribution < 1.29 is 16.8 Å². The lowest BCUT2D eigenvalue weighted by Crippen LogP contribution is -2.25. The Bertz CT molecular complexity index is 1760. The summed E-state index contributed by atoms with van der Waals surface area (Å²) in [4.78, 5) is 7.79. The van der Waals surface area contributed by atoms with E-state index in [0.29, 0.717) is 28.0 Å². The standard InChI is InChI=1S/C24H22N4O4S3/c1-27(35(31,32)21-10-7-13-33-21)17-11-12-19-18(14-17)23-22(16-8-5-4-6-9-16)20(15-25-24(23)26-19)28(2)34(3,29)30/h4-15H,1-3H3,(H,25,26). The summed E-state index contributed by atoms with van der Waals surface area (Å²) in [5.74, 6) is 0. The fraction of sp³-hybridized carbons (Fsp3) is 0.125. The number of anilines is 2. The van der Waals surface area contributed by atoms with Gasteiger partial charge in [-0.25, -0.2) is 21.8 Å². The molecule has 0 atom stereocenters. The molecule has 0 saturated carbocycles. The molecule has 2 aromatic carbocycles. The van der Waals surface area contributed by atoms with Crippen LogP contribution in [0.3, 0.4) is 0 Å². The summed E-state index contributed by atoms with van der Waals surface area (Å²) in [5.41, 5.74) is 3.75. The first-order valence-corrected chi connectivity index (χ1v) is 14.7. The largest absolute Gasteiger partial charge is 0.339 e. The fourth-order valence-corrected chi connectivity index (χ4v) is 6.87. The number of pyridine rings is 1. The van der Waals surface area contributed by atoms with E-state index in [1.54, 1.807) is 29.6 Å². The molecule has 3 aromatic heterocycles. The average Bonchev–Trinajstić information content (AvgIpc) is 3.51. The molecule has 0 aliphatic rings. The van der Waals surface area contributed by atoms with Crippen LogP contribution in [0.5, 0.6) is 0 Å². The van der Waals surface area contributed by atoms with E-state index in [1.807, 2.05) is 36.4 Å². The zero-order chi connectivity index (χ0) is 25.0. The van der Waals surface area contributed by atoms with Crippen LogP contribution >= 0.6 is 11.3 Å². The number of benzene rings is 2. The van der Waals surface area contributed by atoms with Crippen molar-refractivity contribution in [2.75, 3.05) is 29.0 Å². The maximum atomic E-state index is 13.1. The zero-order valence-corrected chi connectivity index (χ0v) is 21.6. The van der Waals surface area contributed by atoms with Crippen molar-refractivity contribution in [3.05, 3.63) is 72.2 Å². The molecule has 8 nitrogen and oxygen atoms in total. The van der Waals surface area contributed by atoms with E-state index in [0.717, 1.165) is 34.1 Å². The molecule has 5 rings (SSSR count). The van der Waals surface area contributed by atoms with Crippen molar-refractivity contribution in [3.8, 4) is 11.1 Å². The molecule has 5 aromatic rings. The van der Waals surface area contributed by atoms with Crippen molar-refractivity contribution in [3.63, 3.8) is 0 Å². The Labute approximate surface area is 207 Å². The molecule has 0 bridgehead atoms. The Morgan fingerprint density at radius 1 is 0.914 bits per heavy atom. The number of nitrogens with zero attached hydrogens (tertiary/aromatic N) is 3. The van der Waals surface area contributed by atoms with E-state index in [1.165, 1.54) is 28.9 Å². The maximum absolute atomic E-state index is 13.1. The average molecular weight is 527 g/mol. The number of H-pyrrole nitrogens is 1. The van der Waals surface area contributed by atoms with E-state index < -0.39 is 20.0 Å². The molecule has 0 spiro atoms. The van der Waals surface area contributed by atoms with Crippen molar-refractivity contribution in [2.24, 2.45) is 0 Å². The Kier molecular flexibility index (Phi) is 5.58. The van der Waals surface area contributed by atoms with Gasteiger partial charge >= 0.3 is 0 Å². The van der Waals surface area contributed by atoms with Crippen molar-refractivity contribution >= 4 is 64.7 Å². The quantitative estimate of drug-likeness (QED) is 0.346. The molecule has 11 heteroatoms. The number of hydrogen-bond donors (Lipinski definition) is 1. The van der Waals surface area contributed by atoms with Crippen LogP contribution in [0, 0.1) is 0 Å². The molecule has 0 fully saturated rings. The first kappa shape index (κ1) is 23.3. The van der Waals surface area contributed by atoms with E-state index >= 15 is 0 Å². The van der Waals surface area contributed by atoms with Crippen LogP contribution in [0.2, 0.25) is 0 Å². The van der Waals surface area contributed by atoms with Gasteiger partial charge in [0, 0.05) is 35.9 Å². The van der Waals surface area contributed by atoms with Gasteiger partial charge in [0.25, 0.3) is 10.0 Å². The number of nitrogens with one attached hydrogen (secondary N) is 1. The lowest BCUT2D eigenvalue weighted by Gasteiger charge is -2.21. The minimum atomic E-state index is -3.72. The van der Waals surface area contributed by atoms with Gasteiger partial charge in [0.15, 0.2) is 0 Å². The molecule has 1 N–H and O–H groups in total. The first-order chi connectivity index (χ1) is 16.6. The van der Waals surface area contributed by atoms with Crippen LogP contribution in [-0.2, 0) is 20.0 Å².